The molecule has 0 saturated heterocycles. The van der Waals surface area contributed by atoms with Crippen molar-refractivity contribution in [1.29, 1.82) is 0 Å². The number of hydrogen-bond acceptors (Lipinski definition) is 2. The fourth-order valence-electron chi connectivity index (χ4n) is 3.47. The lowest BCUT2D eigenvalue weighted by atomic mass is 9.69. The number of imidazole rings is 1. The van der Waals surface area contributed by atoms with Gasteiger partial charge in [-0.1, -0.05) is 34.1 Å². The second kappa shape index (κ2) is 6.75. The highest BCUT2D eigenvalue weighted by molar-refractivity contribution is 4.97. The summed E-state index contributed by atoms with van der Waals surface area (Å²) in [5, 5.41) is 3.80. The van der Waals surface area contributed by atoms with E-state index in [1.165, 1.54) is 32.1 Å². The van der Waals surface area contributed by atoms with Gasteiger partial charge < -0.3 is 10.3 Å². The molecule has 0 aromatic carbocycles. The van der Waals surface area contributed by atoms with Gasteiger partial charge in [-0.25, -0.2) is 4.98 Å². The van der Waals surface area contributed by atoms with Crippen LogP contribution in [0.3, 0.4) is 0 Å². The first kappa shape index (κ1) is 15.6. The molecular weight excluding hydrogens is 246 g/mol. The molecule has 1 aromatic heterocycles. The topological polar surface area (TPSA) is 40.7 Å². The average Bonchev–Trinajstić information content (AvgIpc) is 2.99. The molecule has 3 nitrogen and oxygen atoms in total. The summed E-state index contributed by atoms with van der Waals surface area (Å²) in [5.74, 6) is 1.98. The number of rotatable bonds is 6. The van der Waals surface area contributed by atoms with Gasteiger partial charge >= 0.3 is 0 Å². The Bertz CT molecular complexity index is 375. The van der Waals surface area contributed by atoms with Crippen LogP contribution in [0.15, 0.2) is 12.4 Å². The zero-order valence-corrected chi connectivity index (χ0v) is 13.6. The van der Waals surface area contributed by atoms with Crippen molar-refractivity contribution in [2.45, 2.75) is 78.3 Å². The SMILES string of the molecule is CCC(NC1CCC(C(C)(C)CC)CC1)c1ncc[nH]1. The number of nitrogens with zero attached hydrogens (tertiary/aromatic N) is 1. The first-order valence-electron chi connectivity index (χ1n) is 8.32. The molecule has 2 rings (SSSR count). The lowest BCUT2D eigenvalue weighted by Crippen LogP contribution is -2.38. The third-order valence-corrected chi connectivity index (χ3v) is 5.44. The molecule has 20 heavy (non-hydrogen) atoms. The molecule has 1 fully saturated rings. The van der Waals surface area contributed by atoms with Crippen molar-refractivity contribution in [1.82, 2.24) is 15.3 Å². The summed E-state index contributed by atoms with van der Waals surface area (Å²) in [6.45, 7) is 9.42. The van der Waals surface area contributed by atoms with Crippen molar-refractivity contribution in [3.05, 3.63) is 18.2 Å². The maximum Gasteiger partial charge on any atom is 0.123 e. The fourth-order valence-corrected chi connectivity index (χ4v) is 3.47. The molecule has 2 N–H and O–H groups in total. The molecule has 0 spiro atoms. The van der Waals surface area contributed by atoms with Crippen LogP contribution in [-0.4, -0.2) is 16.0 Å². The van der Waals surface area contributed by atoms with Gasteiger partial charge in [-0.3, -0.25) is 0 Å². The van der Waals surface area contributed by atoms with Crippen LogP contribution >= 0.6 is 0 Å². The maximum atomic E-state index is 4.40. The van der Waals surface area contributed by atoms with E-state index in [0.717, 1.165) is 18.2 Å². The molecule has 1 saturated carbocycles. The molecule has 1 unspecified atom stereocenters. The second-order valence-electron chi connectivity index (χ2n) is 6.99. The zero-order chi connectivity index (χ0) is 14.6. The molecular formula is C17H31N3. The summed E-state index contributed by atoms with van der Waals surface area (Å²) < 4.78 is 0. The molecule has 1 heterocycles. The van der Waals surface area contributed by atoms with E-state index in [1.807, 2.05) is 12.4 Å². The zero-order valence-electron chi connectivity index (χ0n) is 13.6. The summed E-state index contributed by atoms with van der Waals surface area (Å²) in [5.41, 5.74) is 0.510. The Balaban J connectivity index is 1.85. The quantitative estimate of drug-likeness (QED) is 0.806. The predicted molar refractivity (Wildman–Crippen MR) is 84.6 cm³/mol. The normalized spacial score (nSPS) is 25.6. The van der Waals surface area contributed by atoms with Crippen LogP contribution in [-0.2, 0) is 0 Å². The summed E-state index contributed by atoms with van der Waals surface area (Å²) in [6, 6.07) is 1.04. The van der Waals surface area contributed by atoms with E-state index in [0.29, 0.717) is 17.5 Å². The van der Waals surface area contributed by atoms with Crippen molar-refractivity contribution < 1.29 is 0 Å². The van der Waals surface area contributed by atoms with E-state index in [2.05, 4.69) is 43.0 Å². The summed E-state index contributed by atoms with van der Waals surface area (Å²) in [6.07, 6.45) is 11.5. The highest BCUT2D eigenvalue weighted by Crippen LogP contribution is 2.40. The second-order valence-corrected chi connectivity index (χ2v) is 6.99. The Kier molecular flexibility index (Phi) is 5.25. The molecule has 1 aliphatic carbocycles. The summed E-state index contributed by atoms with van der Waals surface area (Å²) >= 11 is 0. The van der Waals surface area contributed by atoms with Gasteiger partial charge in [0.1, 0.15) is 5.82 Å². The Morgan fingerprint density at radius 3 is 2.50 bits per heavy atom. The largest absolute Gasteiger partial charge is 0.347 e. The van der Waals surface area contributed by atoms with Crippen LogP contribution in [0.1, 0.15) is 78.1 Å². The van der Waals surface area contributed by atoms with Crippen LogP contribution in [0.2, 0.25) is 0 Å². The van der Waals surface area contributed by atoms with E-state index < -0.39 is 0 Å². The highest BCUT2D eigenvalue weighted by atomic mass is 15.0. The standard InChI is InChI=1S/C17H31N3/c1-5-15(16-18-11-12-19-16)20-14-9-7-13(8-10-14)17(3,4)6-2/h11-15,20H,5-10H2,1-4H3,(H,18,19). The lowest BCUT2D eigenvalue weighted by Gasteiger charge is -2.39. The van der Waals surface area contributed by atoms with Gasteiger partial charge in [0, 0.05) is 18.4 Å². The molecule has 0 amide bonds. The first-order chi connectivity index (χ1) is 9.56. The molecule has 114 valence electrons. The van der Waals surface area contributed by atoms with Crippen molar-refractivity contribution in [2.75, 3.05) is 0 Å². The number of aromatic nitrogens is 2. The molecule has 1 atom stereocenters. The molecule has 1 aromatic rings. The third-order valence-electron chi connectivity index (χ3n) is 5.44. The van der Waals surface area contributed by atoms with Gasteiger partial charge in [-0.05, 0) is 43.4 Å². The van der Waals surface area contributed by atoms with E-state index in [1.54, 1.807) is 0 Å². The summed E-state index contributed by atoms with van der Waals surface area (Å²) in [4.78, 5) is 7.65. The minimum absolute atomic E-state index is 0.380. The minimum Gasteiger partial charge on any atom is -0.347 e. The Morgan fingerprint density at radius 1 is 1.30 bits per heavy atom. The van der Waals surface area contributed by atoms with Crippen LogP contribution in [0.5, 0.6) is 0 Å². The van der Waals surface area contributed by atoms with Gasteiger partial charge in [0.05, 0.1) is 6.04 Å². The van der Waals surface area contributed by atoms with Crippen molar-refractivity contribution in [3.63, 3.8) is 0 Å². The highest BCUT2D eigenvalue weighted by Gasteiger charge is 2.32. The van der Waals surface area contributed by atoms with Crippen molar-refractivity contribution >= 4 is 0 Å². The minimum atomic E-state index is 0.380. The summed E-state index contributed by atoms with van der Waals surface area (Å²) in [7, 11) is 0. The number of hydrogen-bond donors (Lipinski definition) is 2. The van der Waals surface area contributed by atoms with Crippen LogP contribution in [0, 0.1) is 11.3 Å². The van der Waals surface area contributed by atoms with Gasteiger partial charge in [0.25, 0.3) is 0 Å². The van der Waals surface area contributed by atoms with E-state index >= 15 is 0 Å². The number of H-pyrrole nitrogens is 1. The van der Waals surface area contributed by atoms with Crippen LogP contribution in [0.4, 0.5) is 0 Å². The fraction of sp³-hybridized carbons (Fsp3) is 0.824. The lowest BCUT2D eigenvalue weighted by molar-refractivity contribution is 0.133. The van der Waals surface area contributed by atoms with Crippen molar-refractivity contribution in [2.24, 2.45) is 11.3 Å². The average molecular weight is 277 g/mol. The van der Waals surface area contributed by atoms with Gasteiger partial charge in [-0.2, -0.15) is 0 Å². The van der Waals surface area contributed by atoms with Gasteiger partial charge in [0.15, 0.2) is 0 Å². The first-order valence-corrected chi connectivity index (χ1v) is 8.32. The van der Waals surface area contributed by atoms with Gasteiger partial charge in [-0.15, -0.1) is 0 Å². The molecule has 0 radical (unpaired) electrons. The van der Waals surface area contributed by atoms with Crippen LogP contribution < -0.4 is 5.32 Å². The number of aromatic amines is 1. The molecule has 0 bridgehead atoms. The Morgan fingerprint density at radius 2 is 2.00 bits per heavy atom. The van der Waals surface area contributed by atoms with E-state index in [-0.39, 0.29) is 0 Å². The van der Waals surface area contributed by atoms with Crippen LogP contribution in [0.25, 0.3) is 0 Å². The predicted octanol–water partition coefficient (Wildman–Crippen LogP) is 4.45. The molecule has 1 aliphatic rings. The van der Waals surface area contributed by atoms with Gasteiger partial charge in [0.2, 0.25) is 0 Å². The molecule has 3 heteroatoms. The van der Waals surface area contributed by atoms with E-state index in [4.69, 9.17) is 0 Å². The Labute approximate surface area is 124 Å². The smallest absolute Gasteiger partial charge is 0.123 e. The van der Waals surface area contributed by atoms with E-state index in [9.17, 15) is 0 Å². The Hall–Kier alpha value is -0.830. The van der Waals surface area contributed by atoms with Crippen molar-refractivity contribution in [3.8, 4) is 0 Å². The monoisotopic (exact) mass is 277 g/mol. The number of nitrogens with one attached hydrogen (secondary N) is 2. The maximum absolute atomic E-state index is 4.40. The third kappa shape index (κ3) is 3.63. The molecule has 0 aliphatic heterocycles.